The van der Waals surface area contributed by atoms with Crippen LogP contribution in [-0.2, 0) is 29.2 Å². The molecule has 54 heavy (non-hydrogen) atoms. The predicted octanol–water partition coefficient (Wildman–Crippen LogP) is 6.88. The molecule has 1 fully saturated rings. The van der Waals surface area contributed by atoms with Crippen LogP contribution in [0.25, 0.3) is 10.9 Å². The fraction of sp³-hybridized carbons (Fsp3) is 0.275. The maximum atomic E-state index is 14.4. The van der Waals surface area contributed by atoms with Gasteiger partial charge >= 0.3 is 6.03 Å². The number of nitrogens with zero attached hydrogens (tertiary/aromatic N) is 2. The molecule has 1 aliphatic rings. The minimum atomic E-state index is -1.51. The highest BCUT2D eigenvalue weighted by Gasteiger charge is 2.29. The second-order valence-electron chi connectivity index (χ2n) is 13.2. The average molecular weight is 777 g/mol. The highest BCUT2D eigenvalue weighted by atomic mass is 35.5. The maximum absolute atomic E-state index is 14.4. The molecule has 6 N–H and O–H groups in total. The SMILES string of the molecule is NCC[C@H](NC(=O)[C@@H](NC(=O)Nc1ccc2c(CN3CCCC3)cn(Cc3c(Cl)cccc3Cl)c2c1)c1ccc(F)c(F)c1)C(=O)NCc1ccccc1. The fourth-order valence-corrected chi connectivity index (χ4v) is 7.14. The van der Waals surface area contributed by atoms with Crippen LogP contribution in [0.15, 0.2) is 91.1 Å². The first-order valence-corrected chi connectivity index (χ1v) is 18.5. The third kappa shape index (κ3) is 9.55. The van der Waals surface area contributed by atoms with Gasteiger partial charge in [-0.3, -0.25) is 14.5 Å². The summed E-state index contributed by atoms with van der Waals surface area (Å²) in [5.41, 5.74) is 9.67. The van der Waals surface area contributed by atoms with E-state index in [-0.39, 0.29) is 25.1 Å². The van der Waals surface area contributed by atoms with Gasteiger partial charge in [0.05, 0.1) is 12.1 Å². The number of nitrogens with one attached hydrogen (secondary N) is 4. The van der Waals surface area contributed by atoms with E-state index in [4.69, 9.17) is 28.9 Å². The molecule has 1 aliphatic heterocycles. The van der Waals surface area contributed by atoms with Crippen LogP contribution in [-0.4, -0.2) is 53.0 Å². The van der Waals surface area contributed by atoms with Crippen molar-refractivity contribution in [3.8, 4) is 0 Å². The molecule has 0 spiro atoms. The van der Waals surface area contributed by atoms with Crippen molar-refractivity contribution in [3.63, 3.8) is 0 Å². The Bertz CT molecular complexity index is 2110. The van der Waals surface area contributed by atoms with Crippen molar-refractivity contribution in [2.45, 2.75) is 51.0 Å². The summed E-state index contributed by atoms with van der Waals surface area (Å²) >= 11 is 13.1. The quantitative estimate of drug-likeness (QED) is 0.0839. The van der Waals surface area contributed by atoms with E-state index in [1.165, 1.54) is 6.07 Å². The van der Waals surface area contributed by atoms with Gasteiger partial charge in [0.1, 0.15) is 12.1 Å². The Labute approximate surface area is 322 Å². The smallest absolute Gasteiger partial charge is 0.320 e. The summed E-state index contributed by atoms with van der Waals surface area (Å²) < 4.78 is 30.4. The van der Waals surface area contributed by atoms with Gasteiger partial charge in [-0.2, -0.15) is 0 Å². The van der Waals surface area contributed by atoms with Gasteiger partial charge in [0.15, 0.2) is 11.6 Å². The topological polar surface area (TPSA) is 134 Å². The standard InChI is InChI=1S/C40H41Cl2F2N7O3/c41-31-9-6-10-32(42)30(31)24-51-23-27(22-50-17-4-5-18-50)29-13-12-28(20-36(29)51)47-40(54)49-37(26-11-14-33(43)34(44)19-26)39(53)48-35(15-16-45)38(52)46-21-25-7-2-1-3-8-25/h1-3,6-14,19-20,23,35,37H,4-5,15-18,21-22,24,45H2,(H,46,52)(H,48,53)(H2,47,49,54)/t35-,37-/m0/s1. The number of fused-ring (bicyclic) bond motifs is 1. The lowest BCUT2D eigenvalue weighted by Crippen LogP contribution is -2.51. The van der Waals surface area contributed by atoms with Crippen molar-refractivity contribution in [1.29, 1.82) is 0 Å². The molecule has 5 aromatic rings. The summed E-state index contributed by atoms with van der Waals surface area (Å²) in [6, 6.07) is 19.6. The van der Waals surface area contributed by atoms with Gasteiger partial charge in [0.2, 0.25) is 11.8 Å². The molecule has 4 amide bonds. The molecule has 0 radical (unpaired) electrons. The molecule has 2 heterocycles. The third-order valence-electron chi connectivity index (χ3n) is 9.42. The van der Waals surface area contributed by atoms with Crippen LogP contribution in [0.3, 0.4) is 0 Å². The summed E-state index contributed by atoms with van der Waals surface area (Å²) in [4.78, 5) is 42.9. The number of halogens is 4. The molecule has 2 atom stereocenters. The summed E-state index contributed by atoms with van der Waals surface area (Å²) in [7, 11) is 0. The zero-order valence-electron chi connectivity index (χ0n) is 29.4. The van der Waals surface area contributed by atoms with Gasteiger partial charge in [-0.25, -0.2) is 13.6 Å². The number of benzene rings is 4. The Morgan fingerprint density at radius 3 is 2.26 bits per heavy atom. The molecule has 1 aromatic heterocycles. The predicted molar refractivity (Wildman–Crippen MR) is 207 cm³/mol. The maximum Gasteiger partial charge on any atom is 0.320 e. The van der Waals surface area contributed by atoms with E-state index in [2.05, 4.69) is 32.4 Å². The van der Waals surface area contributed by atoms with Crippen LogP contribution in [0.5, 0.6) is 0 Å². The number of carbonyl (C=O) groups is 3. The molecule has 0 bridgehead atoms. The fourth-order valence-electron chi connectivity index (χ4n) is 6.63. The van der Waals surface area contributed by atoms with Crippen molar-refractivity contribution in [2.75, 3.05) is 25.0 Å². The van der Waals surface area contributed by atoms with Crippen LogP contribution in [0.4, 0.5) is 19.3 Å². The second-order valence-corrected chi connectivity index (χ2v) is 14.1. The van der Waals surface area contributed by atoms with Gasteiger partial charge < -0.3 is 31.6 Å². The monoisotopic (exact) mass is 775 g/mol. The van der Waals surface area contributed by atoms with Crippen LogP contribution >= 0.6 is 23.2 Å². The van der Waals surface area contributed by atoms with Crippen LogP contribution in [0.2, 0.25) is 10.0 Å². The number of carbonyl (C=O) groups excluding carboxylic acids is 3. The van der Waals surface area contributed by atoms with E-state index in [0.717, 1.165) is 72.2 Å². The first-order chi connectivity index (χ1) is 26.1. The highest BCUT2D eigenvalue weighted by molar-refractivity contribution is 6.36. The van der Waals surface area contributed by atoms with Crippen LogP contribution < -0.4 is 27.0 Å². The minimum Gasteiger partial charge on any atom is -0.350 e. The third-order valence-corrected chi connectivity index (χ3v) is 10.1. The molecule has 10 nitrogen and oxygen atoms in total. The zero-order chi connectivity index (χ0) is 38.2. The molecule has 282 valence electrons. The molecule has 0 unspecified atom stereocenters. The van der Waals surface area contributed by atoms with Gasteiger partial charge in [0.25, 0.3) is 0 Å². The van der Waals surface area contributed by atoms with Crippen molar-refractivity contribution in [3.05, 3.63) is 135 Å². The molecular formula is C40H41Cl2F2N7O3. The minimum absolute atomic E-state index is 0.0368. The molecule has 0 aliphatic carbocycles. The van der Waals surface area contributed by atoms with Crippen LogP contribution in [0, 0.1) is 11.6 Å². The number of hydrogen-bond donors (Lipinski definition) is 5. The Balaban J connectivity index is 1.23. The summed E-state index contributed by atoms with van der Waals surface area (Å²) in [5, 5.41) is 12.8. The summed E-state index contributed by atoms with van der Waals surface area (Å²) in [6.45, 7) is 3.45. The number of urea groups is 1. The first kappa shape index (κ1) is 38.7. The normalized spacial score (nSPS) is 14.1. The number of rotatable bonds is 14. The largest absolute Gasteiger partial charge is 0.350 e. The summed E-state index contributed by atoms with van der Waals surface area (Å²) in [6.07, 6.45) is 4.46. The first-order valence-electron chi connectivity index (χ1n) is 17.7. The van der Waals surface area contributed by atoms with Crippen molar-refractivity contribution >= 4 is 57.6 Å². The van der Waals surface area contributed by atoms with E-state index in [9.17, 15) is 23.2 Å². The number of hydrogen-bond acceptors (Lipinski definition) is 5. The number of aromatic nitrogens is 1. The van der Waals surface area contributed by atoms with Crippen molar-refractivity contribution < 1.29 is 23.2 Å². The van der Waals surface area contributed by atoms with E-state index < -0.39 is 41.6 Å². The van der Waals surface area contributed by atoms with Gasteiger partial charge in [-0.1, -0.05) is 71.7 Å². The summed E-state index contributed by atoms with van der Waals surface area (Å²) in [5.74, 6) is -3.65. The van der Waals surface area contributed by atoms with Crippen LogP contribution in [0.1, 0.15) is 47.6 Å². The molecular weight excluding hydrogens is 735 g/mol. The average Bonchev–Trinajstić information content (AvgIpc) is 3.80. The van der Waals surface area contributed by atoms with E-state index in [0.29, 0.717) is 22.3 Å². The van der Waals surface area contributed by atoms with E-state index in [1.54, 1.807) is 24.3 Å². The van der Waals surface area contributed by atoms with Gasteiger partial charge in [0, 0.05) is 46.0 Å². The van der Waals surface area contributed by atoms with E-state index >= 15 is 0 Å². The van der Waals surface area contributed by atoms with Gasteiger partial charge in [-0.05, 0) is 92.0 Å². The highest BCUT2D eigenvalue weighted by Crippen LogP contribution is 2.31. The lowest BCUT2D eigenvalue weighted by Gasteiger charge is -2.23. The molecule has 4 aromatic carbocycles. The van der Waals surface area contributed by atoms with E-state index in [1.807, 2.05) is 47.0 Å². The Hall–Kier alpha value is -5.01. The van der Waals surface area contributed by atoms with Crippen molar-refractivity contribution in [2.24, 2.45) is 5.73 Å². The lowest BCUT2D eigenvalue weighted by molar-refractivity contribution is -0.130. The molecule has 1 saturated heterocycles. The number of nitrogens with two attached hydrogens (primary N) is 1. The van der Waals surface area contributed by atoms with Gasteiger partial charge in [-0.15, -0.1) is 0 Å². The molecule has 0 saturated carbocycles. The van der Waals surface area contributed by atoms with Crippen molar-refractivity contribution in [1.82, 2.24) is 25.4 Å². The Morgan fingerprint density at radius 1 is 0.815 bits per heavy atom. The Kier molecular flexibility index (Phi) is 12.8. The molecule has 14 heteroatoms. The zero-order valence-corrected chi connectivity index (χ0v) is 30.9. The lowest BCUT2D eigenvalue weighted by atomic mass is 10.0. The number of amides is 4. The Morgan fingerprint density at radius 2 is 1.56 bits per heavy atom. The molecule has 6 rings (SSSR count). The number of anilines is 1. The second kappa shape index (κ2) is 17.9. The number of likely N-dealkylation sites (tertiary alicyclic amines) is 1.